The van der Waals surface area contributed by atoms with Crippen molar-refractivity contribution in [2.24, 2.45) is 11.8 Å². The largest absolute Gasteiger partial charge is 4.00 e. The Labute approximate surface area is 192 Å². The van der Waals surface area contributed by atoms with Crippen LogP contribution >= 0.6 is 0 Å². The second-order valence-corrected chi connectivity index (χ2v) is 6.75. The molecule has 0 bridgehead atoms. The Kier molecular flexibility index (Phi) is 13.5. The second-order valence-electron chi connectivity index (χ2n) is 6.75. The molecule has 0 aliphatic heterocycles. The Morgan fingerprint density at radius 3 is 1.12 bits per heavy atom. The fraction of sp³-hybridized carbons (Fsp3) is 0.476. The molecule has 0 aromatic rings. The summed E-state index contributed by atoms with van der Waals surface area (Å²) in [7, 11) is 0. The first-order chi connectivity index (χ1) is 9.73. The molecule has 0 nitrogen and oxygen atoms in total. The molecule has 2 aliphatic rings. The van der Waals surface area contributed by atoms with Crippen LogP contribution in [0, 0.1) is 18.8 Å². The molecule has 0 saturated heterocycles. The molecular formula is C21H29Cl3Zr. The summed E-state index contributed by atoms with van der Waals surface area (Å²) >= 11 is 0. The predicted octanol–water partition coefficient (Wildman–Crippen LogP) is -2.64. The zero-order chi connectivity index (χ0) is 16.1. The topological polar surface area (TPSA) is 0 Å². The van der Waals surface area contributed by atoms with Gasteiger partial charge in [-0.3, -0.25) is 0 Å². The number of rotatable bonds is 2. The first kappa shape index (κ1) is 30.1. The molecule has 0 fully saturated rings. The van der Waals surface area contributed by atoms with Crippen LogP contribution in [-0.2, 0) is 26.2 Å². The van der Waals surface area contributed by atoms with E-state index < -0.39 is 0 Å². The van der Waals surface area contributed by atoms with E-state index in [1.54, 1.807) is 0 Å². The first-order valence-corrected chi connectivity index (χ1v) is 8.01. The quantitative estimate of drug-likeness (QED) is 0.381. The zero-order valence-electron chi connectivity index (χ0n) is 16.6. The van der Waals surface area contributed by atoms with Crippen molar-refractivity contribution in [3.05, 3.63) is 63.2 Å². The van der Waals surface area contributed by atoms with Crippen LogP contribution in [0.15, 0.2) is 56.2 Å². The van der Waals surface area contributed by atoms with Gasteiger partial charge >= 0.3 is 26.2 Å². The van der Waals surface area contributed by atoms with E-state index in [0.29, 0.717) is 11.8 Å². The number of hydrogen-bond acceptors (Lipinski definition) is 0. The van der Waals surface area contributed by atoms with Gasteiger partial charge in [0.1, 0.15) is 0 Å². The van der Waals surface area contributed by atoms with Gasteiger partial charge in [-0.15, -0.1) is 11.1 Å². The number of hydrogen-bond donors (Lipinski definition) is 0. The summed E-state index contributed by atoms with van der Waals surface area (Å²) < 4.78 is 0. The minimum absolute atomic E-state index is 0. The molecule has 0 aromatic heterocycles. The van der Waals surface area contributed by atoms with Crippen molar-refractivity contribution >= 4 is 0 Å². The van der Waals surface area contributed by atoms with Crippen LogP contribution < -0.4 is 37.2 Å². The van der Waals surface area contributed by atoms with Gasteiger partial charge in [0.05, 0.1) is 0 Å². The average molecular weight is 479 g/mol. The number of allylic oxidation sites excluding steroid dienone is 10. The molecule has 0 amide bonds. The summed E-state index contributed by atoms with van der Waals surface area (Å²) in [4.78, 5) is 0. The molecule has 0 heterocycles. The van der Waals surface area contributed by atoms with Crippen LogP contribution in [0.4, 0.5) is 0 Å². The first-order valence-electron chi connectivity index (χ1n) is 8.01. The zero-order valence-corrected chi connectivity index (χ0v) is 21.3. The molecule has 0 aromatic carbocycles. The molecule has 25 heavy (non-hydrogen) atoms. The van der Waals surface area contributed by atoms with Gasteiger partial charge in [-0.2, -0.15) is 5.57 Å². The van der Waals surface area contributed by atoms with Gasteiger partial charge in [0.15, 0.2) is 0 Å². The van der Waals surface area contributed by atoms with Crippen LogP contribution in [0.5, 0.6) is 0 Å². The van der Waals surface area contributed by atoms with Crippen molar-refractivity contribution in [3.63, 3.8) is 0 Å². The van der Waals surface area contributed by atoms with Gasteiger partial charge in [-0.1, -0.05) is 36.1 Å². The molecule has 2 atom stereocenters. The Hall–Kier alpha value is 0.323. The van der Waals surface area contributed by atoms with E-state index in [1.807, 2.05) is 0 Å². The Morgan fingerprint density at radius 1 is 0.680 bits per heavy atom. The van der Waals surface area contributed by atoms with E-state index in [9.17, 15) is 0 Å². The van der Waals surface area contributed by atoms with Crippen molar-refractivity contribution in [3.8, 4) is 0 Å². The third-order valence-electron chi connectivity index (χ3n) is 6.07. The summed E-state index contributed by atoms with van der Waals surface area (Å²) in [5.41, 5.74) is 13.2. The van der Waals surface area contributed by atoms with Gasteiger partial charge in [0, 0.05) is 0 Å². The molecule has 0 radical (unpaired) electrons. The maximum atomic E-state index is 4.15. The number of halogens is 3. The van der Waals surface area contributed by atoms with Crippen LogP contribution in [0.1, 0.15) is 55.4 Å². The summed E-state index contributed by atoms with van der Waals surface area (Å²) in [6.45, 7) is 22.4. The molecule has 2 aliphatic carbocycles. The molecule has 2 unspecified atom stereocenters. The van der Waals surface area contributed by atoms with Gasteiger partial charge < -0.3 is 37.2 Å². The maximum Gasteiger partial charge on any atom is 4.00 e. The maximum absolute atomic E-state index is 4.15. The van der Waals surface area contributed by atoms with Crippen LogP contribution in [-0.4, -0.2) is 0 Å². The Balaban J connectivity index is -0.00000121. The van der Waals surface area contributed by atoms with Crippen molar-refractivity contribution in [2.75, 3.05) is 0 Å². The molecule has 0 N–H and O–H groups in total. The molecule has 4 heteroatoms. The SMILES string of the molecule is [CH2-]C=C(C1=C(C)C(C)=C(C)C1C)C1=C(C)C(C)=C(C)C1C.[Cl-].[Cl-].[Cl-].[Zr+4]. The molecular weight excluding hydrogens is 450 g/mol. The summed E-state index contributed by atoms with van der Waals surface area (Å²) in [5.74, 6) is 1.01. The van der Waals surface area contributed by atoms with E-state index in [2.05, 4.69) is 68.4 Å². The van der Waals surface area contributed by atoms with E-state index in [0.717, 1.165) is 0 Å². The van der Waals surface area contributed by atoms with Crippen LogP contribution in [0.25, 0.3) is 0 Å². The van der Waals surface area contributed by atoms with Crippen LogP contribution in [0.2, 0.25) is 0 Å². The van der Waals surface area contributed by atoms with Crippen LogP contribution in [0.3, 0.4) is 0 Å². The third kappa shape index (κ3) is 4.79. The smallest absolute Gasteiger partial charge is 1.00 e. The van der Waals surface area contributed by atoms with Gasteiger partial charge in [0.2, 0.25) is 0 Å². The van der Waals surface area contributed by atoms with E-state index in [4.69, 9.17) is 0 Å². The standard InChI is InChI=1S/C21H29.3ClH.Zr/c1-10-19(20-15(6)11(2)12(3)16(20)7)21-17(8)13(4)14(5)18(21)9;;;;/h10,15,17H,1H2,2-9H3;3*1H;/q-1;;;;+4/p-3. The molecule has 0 saturated carbocycles. The minimum atomic E-state index is 0. The average Bonchev–Trinajstić information content (AvgIpc) is 2.77. The summed E-state index contributed by atoms with van der Waals surface area (Å²) in [6, 6.07) is 0. The van der Waals surface area contributed by atoms with Crippen molar-refractivity contribution in [1.29, 1.82) is 0 Å². The van der Waals surface area contributed by atoms with Crippen molar-refractivity contribution < 1.29 is 63.4 Å². The van der Waals surface area contributed by atoms with E-state index in [-0.39, 0.29) is 63.4 Å². The minimum Gasteiger partial charge on any atom is -1.00 e. The molecule has 138 valence electrons. The molecule has 0 spiro atoms. The van der Waals surface area contributed by atoms with Crippen molar-refractivity contribution in [1.82, 2.24) is 0 Å². The second kappa shape index (κ2) is 11.2. The van der Waals surface area contributed by atoms with Gasteiger partial charge in [0.25, 0.3) is 0 Å². The predicted molar refractivity (Wildman–Crippen MR) is 93.9 cm³/mol. The summed E-state index contributed by atoms with van der Waals surface area (Å²) in [5, 5.41) is 0. The van der Waals surface area contributed by atoms with Crippen molar-refractivity contribution in [2.45, 2.75) is 55.4 Å². The third-order valence-corrected chi connectivity index (χ3v) is 6.07. The van der Waals surface area contributed by atoms with Gasteiger partial charge in [-0.25, -0.2) is 13.0 Å². The molecule has 2 rings (SSSR count). The fourth-order valence-electron chi connectivity index (χ4n) is 3.96. The summed E-state index contributed by atoms with van der Waals surface area (Å²) in [6.07, 6.45) is 2.09. The monoisotopic (exact) mass is 476 g/mol. The fourth-order valence-corrected chi connectivity index (χ4v) is 3.96. The Morgan fingerprint density at radius 2 is 0.960 bits per heavy atom. The van der Waals surface area contributed by atoms with Gasteiger partial charge in [-0.05, 0) is 64.5 Å². The van der Waals surface area contributed by atoms with E-state index >= 15 is 0 Å². The van der Waals surface area contributed by atoms with E-state index in [1.165, 1.54) is 50.2 Å². The Bertz CT molecular complexity index is 607. The normalized spacial score (nSPS) is 22.2.